The van der Waals surface area contributed by atoms with Crippen molar-refractivity contribution in [3.63, 3.8) is 0 Å². The smallest absolute Gasteiger partial charge is 0.318 e. The summed E-state index contributed by atoms with van der Waals surface area (Å²) in [5, 5.41) is 12.6. The molecule has 2 saturated heterocycles. The van der Waals surface area contributed by atoms with Crippen molar-refractivity contribution in [2.24, 2.45) is 0 Å². The second kappa shape index (κ2) is 10.6. The minimum Gasteiger partial charge on any atom is -0.508 e. The first-order chi connectivity index (χ1) is 19.3. The Morgan fingerprint density at radius 3 is 2.67 bits per heavy atom. The highest BCUT2D eigenvalue weighted by Crippen LogP contribution is 2.40. The molecule has 0 saturated carbocycles. The minimum atomic E-state index is -0.0746. The van der Waals surface area contributed by atoms with Gasteiger partial charge >= 0.3 is 6.01 Å². The van der Waals surface area contributed by atoms with Gasteiger partial charge in [0, 0.05) is 61.0 Å². The van der Waals surface area contributed by atoms with Gasteiger partial charge < -0.3 is 29.4 Å². The highest BCUT2D eigenvalue weighted by molar-refractivity contribution is 5.95. The van der Waals surface area contributed by atoms with Gasteiger partial charge in [0.25, 0.3) is 0 Å². The van der Waals surface area contributed by atoms with E-state index >= 15 is 0 Å². The highest BCUT2D eigenvalue weighted by atomic mass is 16.5. The number of amides is 1. The zero-order chi connectivity index (χ0) is 28.0. The van der Waals surface area contributed by atoms with Gasteiger partial charge in [0.1, 0.15) is 17.7 Å². The molecule has 3 unspecified atom stereocenters. The summed E-state index contributed by atoms with van der Waals surface area (Å²) < 4.78 is 6.29. The number of carbonyl (C=O) groups is 1. The van der Waals surface area contributed by atoms with Crippen LogP contribution in [0.5, 0.6) is 11.8 Å². The summed E-state index contributed by atoms with van der Waals surface area (Å²) in [6.07, 6.45) is 4.18. The Labute approximate surface area is 235 Å². The van der Waals surface area contributed by atoms with Crippen molar-refractivity contribution in [3.8, 4) is 11.8 Å². The molecule has 4 heterocycles. The number of likely N-dealkylation sites (N-methyl/N-ethyl adjacent to an activating group) is 1. The van der Waals surface area contributed by atoms with Gasteiger partial charge in [-0.05, 0) is 57.8 Å². The van der Waals surface area contributed by atoms with E-state index in [0.29, 0.717) is 25.6 Å². The van der Waals surface area contributed by atoms with Crippen LogP contribution in [0, 0.1) is 0 Å². The van der Waals surface area contributed by atoms with Gasteiger partial charge in [-0.1, -0.05) is 30.8 Å². The number of phenolic OH excluding ortho intramolecular Hbond substituents is 1. The lowest BCUT2D eigenvalue weighted by Crippen LogP contribution is -2.56. The molecule has 0 radical (unpaired) electrons. The Hall–Kier alpha value is -3.85. The standard InChI is InChI=1S/C31H38N6O3/c1-5-29(39)36-17-22-10-11-23(18-36)37(22)30-26-12-13-35(28-15-24(38)14-21-8-6-7-9-25(21)28)19-27(26)32-31(33-30)40-20(2)16-34(3)4/h5-9,14-15,20,22-23,38H,1,10-13,16-19H2,2-4H3. The largest absolute Gasteiger partial charge is 0.508 e. The van der Waals surface area contributed by atoms with Crippen LogP contribution in [-0.2, 0) is 17.8 Å². The molecular weight excluding hydrogens is 504 g/mol. The van der Waals surface area contributed by atoms with Gasteiger partial charge in [-0.3, -0.25) is 4.79 Å². The van der Waals surface area contributed by atoms with Crippen LogP contribution in [-0.4, -0.2) is 89.2 Å². The first kappa shape index (κ1) is 26.4. The van der Waals surface area contributed by atoms with E-state index in [1.165, 1.54) is 6.08 Å². The van der Waals surface area contributed by atoms with Crippen LogP contribution in [0.4, 0.5) is 11.5 Å². The number of fused-ring (bicyclic) bond motifs is 4. The lowest BCUT2D eigenvalue weighted by atomic mass is 10.0. The van der Waals surface area contributed by atoms with Gasteiger partial charge in [-0.2, -0.15) is 9.97 Å². The van der Waals surface area contributed by atoms with Crippen LogP contribution in [0.1, 0.15) is 31.0 Å². The maximum Gasteiger partial charge on any atom is 0.318 e. The average Bonchev–Trinajstić information content (AvgIpc) is 3.19. The molecule has 3 aliphatic rings. The van der Waals surface area contributed by atoms with Crippen molar-refractivity contribution in [1.29, 1.82) is 0 Å². The van der Waals surface area contributed by atoms with Crippen molar-refractivity contribution in [2.45, 2.75) is 50.9 Å². The quantitative estimate of drug-likeness (QED) is 0.454. The van der Waals surface area contributed by atoms with Crippen molar-refractivity contribution in [2.75, 3.05) is 50.1 Å². The molecule has 2 aromatic carbocycles. The molecule has 9 nitrogen and oxygen atoms in total. The number of piperazine rings is 1. The summed E-state index contributed by atoms with van der Waals surface area (Å²) in [6.45, 7) is 9.22. The molecule has 3 aliphatic heterocycles. The number of aromatic nitrogens is 2. The zero-order valence-electron chi connectivity index (χ0n) is 23.6. The molecule has 3 aromatic rings. The predicted molar refractivity (Wildman–Crippen MR) is 157 cm³/mol. The molecule has 210 valence electrons. The number of anilines is 2. The summed E-state index contributed by atoms with van der Waals surface area (Å²) in [5.74, 6) is 1.21. The fraction of sp³-hybridized carbons (Fsp3) is 0.452. The number of likely N-dealkylation sites (tertiary alicyclic amines) is 1. The topological polar surface area (TPSA) is 85.3 Å². The fourth-order valence-corrected chi connectivity index (χ4v) is 6.69. The molecule has 1 N–H and O–H groups in total. The summed E-state index contributed by atoms with van der Waals surface area (Å²) in [4.78, 5) is 31.2. The van der Waals surface area contributed by atoms with E-state index in [0.717, 1.165) is 65.9 Å². The lowest BCUT2D eigenvalue weighted by molar-refractivity contribution is -0.126. The van der Waals surface area contributed by atoms with Gasteiger partial charge in [-0.15, -0.1) is 0 Å². The van der Waals surface area contributed by atoms with E-state index in [-0.39, 0.29) is 29.8 Å². The number of phenols is 1. The zero-order valence-corrected chi connectivity index (χ0v) is 23.6. The highest BCUT2D eigenvalue weighted by Gasteiger charge is 2.43. The molecule has 2 bridgehead atoms. The Balaban J connectivity index is 1.37. The molecule has 0 aliphatic carbocycles. The number of ether oxygens (including phenoxy) is 1. The fourth-order valence-electron chi connectivity index (χ4n) is 6.69. The molecule has 9 heteroatoms. The number of hydrogen-bond donors (Lipinski definition) is 1. The Bertz CT molecular complexity index is 1430. The van der Waals surface area contributed by atoms with Crippen LogP contribution in [0.3, 0.4) is 0 Å². The van der Waals surface area contributed by atoms with E-state index < -0.39 is 0 Å². The molecular formula is C31H38N6O3. The monoisotopic (exact) mass is 542 g/mol. The molecule has 1 aromatic heterocycles. The Morgan fingerprint density at radius 1 is 1.20 bits per heavy atom. The van der Waals surface area contributed by atoms with Crippen LogP contribution < -0.4 is 14.5 Å². The Kier molecular flexibility index (Phi) is 7.00. The van der Waals surface area contributed by atoms with E-state index in [4.69, 9.17) is 14.7 Å². The van der Waals surface area contributed by atoms with Crippen LogP contribution in [0.25, 0.3) is 10.8 Å². The SMILES string of the molecule is C=CC(=O)N1CC2CCC(C1)N2c1nc(OC(C)CN(C)C)nc2c1CCN(c1cc(O)cc3ccccc13)C2. The molecule has 6 rings (SSSR count). The number of nitrogens with zero attached hydrogens (tertiary/aromatic N) is 6. The average molecular weight is 543 g/mol. The molecule has 3 atom stereocenters. The molecule has 2 fully saturated rings. The number of carbonyl (C=O) groups excluding carboxylic acids is 1. The van der Waals surface area contributed by atoms with E-state index in [1.54, 1.807) is 0 Å². The first-order valence-corrected chi connectivity index (χ1v) is 14.2. The van der Waals surface area contributed by atoms with E-state index in [9.17, 15) is 9.90 Å². The minimum absolute atomic E-state index is 0.00298. The van der Waals surface area contributed by atoms with Crippen LogP contribution in [0.2, 0.25) is 0 Å². The molecule has 40 heavy (non-hydrogen) atoms. The maximum atomic E-state index is 12.4. The number of hydrogen-bond acceptors (Lipinski definition) is 8. The lowest BCUT2D eigenvalue weighted by Gasteiger charge is -2.43. The molecule has 0 spiro atoms. The summed E-state index contributed by atoms with van der Waals surface area (Å²) in [6, 6.07) is 12.6. The van der Waals surface area contributed by atoms with Gasteiger partial charge in [0.05, 0.1) is 12.2 Å². The number of benzene rings is 2. The second-order valence-corrected chi connectivity index (χ2v) is 11.5. The third-order valence-corrected chi connectivity index (χ3v) is 8.33. The van der Waals surface area contributed by atoms with Gasteiger partial charge in [-0.25, -0.2) is 0 Å². The summed E-state index contributed by atoms with van der Waals surface area (Å²) in [5.41, 5.74) is 3.12. The normalized spacial score (nSPS) is 21.1. The first-order valence-electron chi connectivity index (χ1n) is 14.2. The second-order valence-electron chi connectivity index (χ2n) is 11.5. The van der Waals surface area contributed by atoms with Crippen LogP contribution >= 0.6 is 0 Å². The van der Waals surface area contributed by atoms with E-state index in [2.05, 4.69) is 27.3 Å². The van der Waals surface area contributed by atoms with Gasteiger partial charge in [0.2, 0.25) is 5.91 Å². The molecule has 1 amide bonds. The Morgan fingerprint density at radius 2 is 1.95 bits per heavy atom. The number of rotatable bonds is 7. The third kappa shape index (κ3) is 4.94. The van der Waals surface area contributed by atoms with Gasteiger partial charge in [0.15, 0.2) is 0 Å². The maximum absolute atomic E-state index is 12.4. The third-order valence-electron chi connectivity index (χ3n) is 8.33. The predicted octanol–water partition coefficient (Wildman–Crippen LogP) is 3.59. The van der Waals surface area contributed by atoms with Crippen molar-refractivity contribution < 1.29 is 14.6 Å². The van der Waals surface area contributed by atoms with E-state index in [1.807, 2.05) is 56.3 Å². The van der Waals surface area contributed by atoms with Crippen molar-refractivity contribution in [1.82, 2.24) is 19.8 Å². The summed E-state index contributed by atoms with van der Waals surface area (Å²) >= 11 is 0. The van der Waals surface area contributed by atoms with Crippen molar-refractivity contribution >= 4 is 28.2 Å². The van der Waals surface area contributed by atoms with Crippen molar-refractivity contribution in [3.05, 3.63) is 60.3 Å². The summed E-state index contributed by atoms with van der Waals surface area (Å²) in [7, 11) is 4.05. The van der Waals surface area contributed by atoms with Crippen LogP contribution in [0.15, 0.2) is 49.1 Å². The number of aromatic hydroxyl groups is 1.